The van der Waals surface area contributed by atoms with Gasteiger partial charge in [-0.15, -0.1) is 0 Å². The zero-order valence-corrected chi connectivity index (χ0v) is 60.9. The van der Waals surface area contributed by atoms with Crippen LogP contribution >= 0.6 is 23.2 Å². The molecule has 4 heterocycles. The summed E-state index contributed by atoms with van der Waals surface area (Å²) in [7, 11) is 6.02. The van der Waals surface area contributed by atoms with Gasteiger partial charge < -0.3 is 76.3 Å². The summed E-state index contributed by atoms with van der Waals surface area (Å²) in [4.78, 5) is 136. The maximum atomic E-state index is 14.6. The van der Waals surface area contributed by atoms with Crippen LogP contribution in [0.1, 0.15) is 209 Å². The summed E-state index contributed by atoms with van der Waals surface area (Å²) in [6.45, 7) is 11.2. The molecule has 0 bridgehead atoms. The Hall–Kier alpha value is -7.45. The van der Waals surface area contributed by atoms with Gasteiger partial charge in [0.25, 0.3) is 5.91 Å². The highest BCUT2D eigenvalue weighted by atomic mass is 35.5. The summed E-state index contributed by atoms with van der Waals surface area (Å²) in [5.41, 5.74) is 9.36. The van der Waals surface area contributed by atoms with Crippen molar-refractivity contribution in [3.8, 4) is 23.0 Å². The van der Waals surface area contributed by atoms with Gasteiger partial charge in [0.05, 0.1) is 75.1 Å². The molecular formula is C74H110Cl2N10O16. The summed E-state index contributed by atoms with van der Waals surface area (Å²) in [5, 5.41) is 31.7. The predicted molar refractivity (Wildman–Crippen MR) is 386 cm³/mol. The lowest BCUT2D eigenvalue weighted by molar-refractivity contribution is -0.145. The summed E-state index contributed by atoms with van der Waals surface area (Å²) >= 11 is 12.9. The van der Waals surface area contributed by atoms with Gasteiger partial charge in [-0.3, -0.25) is 43.2 Å². The number of Topliss-reactive ketones (excluding diaryl/α,β-unsaturated/α-hetero) is 1. The monoisotopic (exact) mass is 1460 g/mol. The van der Waals surface area contributed by atoms with Crippen LogP contribution in [0.5, 0.6) is 23.0 Å². The molecular weight excluding hydrogens is 1360 g/mol. The lowest BCUT2D eigenvalue weighted by atomic mass is 9.84. The fraction of sp³-hybridized carbons (Fsp3) is 0.689. The molecule has 6 fully saturated rings. The van der Waals surface area contributed by atoms with Gasteiger partial charge in [0.15, 0.2) is 17.3 Å². The van der Waals surface area contributed by atoms with Crippen molar-refractivity contribution < 1.29 is 76.9 Å². The number of halogens is 2. The molecule has 9 atom stereocenters. The van der Waals surface area contributed by atoms with E-state index >= 15 is 0 Å². The summed E-state index contributed by atoms with van der Waals surface area (Å²) in [6, 6.07) is 0.553. The maximum absolute atomic E-state index is 14.6. The van der Waals surface area contributed by atoms with Crippen molar-refractivity contribution in [2.24, 2.45) is 56.3 Å². The largest absolute Gasteiger partial charge is 0.496 e. The Kier molecular flexibility index (Phi) is 27.6. The van der Waals surface area contributed by atoms with E-state index in [1.165, 1.54) is 51.1 Å². The Balaban J connectivity index is 0.000000280. The zero-order valence-electron chi connectivity index (χ0n) is 59.4. The van der Waals surface area contributed by atoms with E-state index in [1.807, 2.05) is 41.5 Å². The molecule has 8 amide bonds. The Labute approximate surface area is 610 Å². The number of amides is 8. The normalized spacial score (nSPS) is 23.3. The number of ketones is 1. The van der Waals surface area contributed by atoms with E-state index in [-0.39, 0.29) is 95.5 Å². The van der Waals surface area contributed by atoms with Crippen molar-refractivity contribution in [2.45, 2.75) is 251 Å². The minimum atomic E-state index is -1.59. The number of likely N-dealkylation sites (tertiary alicyclic amines) is 2. The van der Waals surface area contributed by atoms with Gasteiger partial charge in [0.2, 0.25) is 47.1 Å². The molecule has 2 saturated heterocycles. The Morgan fingerprint density at radius 2 is 0.941 bits per heavy atom. The highest BCUT2D eigenvalue weighted by molar-refractivity contribution is 6.38. The van der Waals surface area contributed by atoms with Crippen LogP contribution < -0.4 is 51.7 Å². The first-order chi connectivity index (χ1) is 47.3. The molecule has 2 spiro atoms. The minimum absolute atomic E-state index is 0. The number of benzene rings is 2. The molecule has 4 saturated carbocycles. The highest BCUT2D eigenvalue weighted by Gasteiger charge is 2.58. The van der Waals surface area contributed by atoms with E-state index in [1.54, 1.807) is 24.3 Å². The number of hydrogen-bond acceptors (Lipinski definition) is 18. The number of hydrogen-bond donors (Lipinski definition) is 7. The van der Waals surface area contributed by atoms with Crippen molar-refractivity contribution in [3.63, 3.8) is 0 Å². The van der Waals surface area contributed by atoms with E-state index < -0.39 is 106 Å². The van der Waals surface area contributed by atoms with Gasteiger partial charge >= 0.3 is 0 Å². The van der Waals surface area contributed by atoms with Crippen molar-refractivity contribution in [2.75, 3.05) is 41.5 Å². The van der Waals surface area contributed by atoms with E-state index in [0.717, 1.165) is 77.0 Å². The first-order valence-electron chi connectivity index (χ1n) is 35.2. The number of nitrogens with zero attached hydrogens (tertiary/aromatic N) is 4. The van der Waals surface area contributed by atoms with Crippen LogP contribution in [0.3, 0.4) is 0 Å². The number of ether oxygens (including phenoxy) is 4. The number of carbonyl (C=O) groups excluding carboxylic acids is 9. The number of primary amides is 2. The SMILES string of the molecule is C.C.COc1cc(OC)c(C2=NO[C@]3(C2)C[C@@H](C(=O)N[C@@H](CC2CC2)C(=O)C(N)=O)N(C(=O)[C@@H](NC(=O)CC2CCCCC2)C(C)(C)C)C3)cc1Cl.COc1cc(OC)c(C2=NO[C@]3(C2)C[C@@H](C(=O)N[C@@H](CC2CC2)C(O)C(N)=O)N(C(=O)[C@@H](NC(=O)CC2CCCCC2)C(C)(C)C)C3)cc1Cl. The molecule has 566 valence electrons. The molecule has 10 rings (SSSR count). The number of aliphatic hydroxyl groups excluding tert-OH is 1. The molecule has 102 heavy (non-hydrogen) atoms. The topological polar surface area (TPSA) is 361 Å². The van der Waals surface area contributed by atoms with Crippen molar-refractivity contribution in [1.29, 1.82) is 0 Å². The number of methoxy groups -OCH3 is 4. The minimum Gasteiger partial charge on any atom is -0.496 e. The predicted octanol–water partition coefficient (Wildman–Crippen LogP) is 8.39. The second kappa shape index (κ2) is 34.4. The van der Waals surface area contributed by atoms with Gasteiger partial charge in [-0.1, -0.05) is 154 Å². The molecule has 2 aromatic rings. The van der Waals surface area contributed by atoms with Crippen LogP contribution in [0.2, 0.25) is 10.0 Å². The van der Waals surface area contributed by atoms with Crippen LogP contribution in [0.4, 0.5) is 0 Å². The van der Waals surface area contributed by atoms with Crippen LogP contribution in [-0.4, -0.2) is 174 Å². The number of rotatable bonds is 26. The number of oxime groups is 2. The van der Waals surface area contributed by atoms with Crippen LogP contribution in [0.15, 0.2) is 34.6 Å². The second-order valence-electron chi connectivity index (χ2n) is 31.0. The van der Waals surface area contributed by atoms with Crippen molar-refractivity contribution in [1.82, 2.24) is 31.1 Å². The summed E-state index contributed by atoms with van der Waals surface area (Å²) in [6.07, 6.45) is 14.5. The Morgan fingerprint density at radius 3 is 1.29 bits per heavy atom. The first-order valence-corrected chi connectivity index (χ1v) is 36.0. The van der Waals surface area contributed by atoms with Gasteiger partial charge in [0, 0.05) is 61.8 Å². The molecule has 4 aliphatic carbocycles. The quantitative estimate of drug-likeness (QED) is 0.0435. The average Bonchev–Trinajstić information content (AvgIpc) is 1.60. The zero-order chi connectivity index (χ0) is 72.8. The van der Waals surface area contributed by atoms with Gasteiger partial charge in [-0.2, -0.15) is 0 Å². The van der Waals surface area contributed by atoms with E-state index in [4.69, 9.17) is 63.3 Å². The third-order valence-electron chi connectivity index (χ3n) is 20.9. The third kappa shape index (κ3) is 20.1. The van der Waals surface area contributed by atoms with Gasteiger partial charge in [-0.05, 0) is 85.2 Å². The molecule has 0 aromatic heterocycles. The fourth-order valence-electron chi connectivity index (χ4n) is 14.9. The molecule has 26 nitrogen and oxygen atoms in total. The number of nitrogens with one attached hydrogen (secondary N) is 4. The third-order valence-corrected chi connectivity index (χ3v) is 21.5. The molecule has 9 N–H and O–H groups in total. The highest BCUT2D eigenvalue weighted by Crippen LogP contribution is 2.46. The fourth-order valence-corrected chi connectivity index (χ4v) is 15.4. The van der Waals surface area contributed by atoms with Gasteiger partial charge in [-0.25, -0.2) is 0 Å². The summed E-state index contributed by atoms with van der Waals surface area (Å²) in [5.74, 6) is -2.65. The van der Waals surface area contributed by atoms with Gasteiger partial charge in [0.1, 0.15) is 47.2 Å². The molecule has 4 aliphatic heterocycles. The smallest absolute Gasteiger partial charge is 0.287 e. The molecule has 28 heteroatoms. The molecule has 8 aliphatic rings. The van der Waals surface area contributed by atoms with Crippen molar-refractivity contribution in [3.05, 3.63) is 45.4 Å². The van der Waals surface area contributed by atoms with Crippen LogP contribution in [0.25, 0.3) is 0 Å². The maximum Gasteiger partial charge on any atom is 0.287 e. The molecule has 1 unspecified atom stereocenters. The Bertz CT molecular complexity index is 3470. The van der Waals surface area contributed by atoms with Crippen LogP contribution in [-0.2, 0) is 52.8 Å². The number of nitrogens with two attached hydrogens (primary N) is 2. The lowest BCUT2D eigenvalue weighted by Gasteiger charge is -2.36. The molecule has 0 radical (unpaired) electrons. The van der Waals surface area contributed by atoms with E-state index in [2.05, 4.69) is 31.6 Å². The average molecular weight is 1470 g/mol. The Morgan fingerprint density at radius 1 is 0.559 bits per heavy atom. The second-order valence-corrected chi connectivity index (χ2v) is 31.8. The van der Waals surface area contributed by atoms with E-state index in [0.29, 0.717) is 74.9 Å². The standard InChI is InChI=1S/C36H52ClN5O8.C36H50ClN5O8.2CH4/c2*1-35(2,3)31(40-29(43)14-20-9-7-6-8-10-20)34(47)42-19-36(17-25(41-50-36)22-15-23(37)28(49-5)16-27(22)48-4)18-26(42)33(46)39-24(13-21-11-12-21)30(44)32(38)45;;/h15-16,20-21,24,26,30-31,44H,6-14,17-19H2,1-5H3,(H2,38,45)(H,39,46)(H,40,43);15-16,20-21,24,26,31H,6-14,17-19H2,1-5H3,(H2,38,45)(H,39,46)(H,40,43);2*1H4/t24-,26-,30?,31+,36+;24-,26-,31+,36+;;/m00../s1. The summed E-state index contributed by atoms with van der Waals surface area (Å²) < 4.78 is 21.9. The molecule has 2 aromatic carbocycles. The number of carbonyl (C=O) groups is 9. The van der Waals surface area contributed by atoms with Crippen molar-refractivity contribution >= 4 is 87.7 Å². The van der Waals surface area contributed by atoms with E-state index in [9.17, 15) is 48.3 Å². The van der Waals surface area contributed by atoms with Crippen LogP contribution in [0, 0.1) is 34.5 Å². The lowest BCUT2D eigenvalue weighted by Crippen LogP contribution is -2.59. The number of aliphatic hydroxyl groups is 1. The first kappa shape index (κ1) is 81.8.